The highest BCUT2D eigenvalue weighted by atomic mass is 35.5. The van der Waals surface area contributed by atoms with Crippen LogP contribution in [0, 0.1) is 12.8 Å². The largest absolute Gasteiger partial charge is 0.488 e. The summed E-state index contributed by atoms with van der Waals surface area (Å²) in [6, 6.07) is 36.0. The molecule has 0 fully saturated rings. The lowest BCUT2D eigenvalue weighted by Gasteiger charge is -2.37. The van der Waals surface area contributed by atoms with Crippen LogP contribution in [0.4, 0.5) is 11.4 Å². The van der Waals surface area contributed by atoms with E-state index in [1.807, 2.05) is 36.5 Å². The first kappa shape index (κ1) is 25.6. The average molecular weight is 555 g/mol. The van der Waals surface area contributed by atoms with Gasteiger partial charge >= 0.3 is 0 Å². The summed E-state index contributed by atoms with van der Waals surface area (Å²) in [7, 11) is 0. The molecule has 1 heterocycles. The van der Waals surface area contributed by atoms with Crippen molar-refractivity contribution in [2.45, 2.75) is 31.9 Å². The summed E-state index contributed by atoms with van der Waals surface area (Å²) in [4.78, 5) is 4.90. The van der Waals surface area contributed by atoms with Crippen molar-refractivity contribution in [3.8, 4) is 5.75 Å². The third-order valence-electron chi connectivity index (χ3n) is 8.35. The van der Waals surface area contributed by atoms with Crippen LogP contribution < -0.4 is 10.1 Å². The smallest absolute Gasteiger partial charge is 0.129 e. The van der Waals surface area contributed by atoms with Crippen LogP contribution in [-0.2, 0) is 6.61 Å². The van der Waals surface area contributed by atoms with Gasteiger partial charge in [-0.3, -0.25) is 4.99 Å². The number of benzene rings is 5. The number of hydrogen-bond donors (Lipinski definition) is 1. The molecule has 4 heteroatoms. The lowest BCUT2D eigenvalue weighted by molar-refractivity contribution is 0.306. The van der Waals surface area contributed by atoms with Gasteiger partial charge in [-0.15, -0.1) is 0 Å². The minimum Gasteiger partial charge on any atom is -0.488 e. The summed E-state index contributed by atoms with van der Waals surface area (Å²) in [6.45, 7) is 2.63. The Kier molecular flexibility index (Phi) is 6.82. The summed E-state index contributed by atoms with van der Waals surface area (Å²) in [5.41, 5.74) is 8.24. The summed E-state index contributed by atoms with van der Waals surface area (Å²) >= 11 is 6.06. The zero-order chi connectivity index (χ0) is 27.8. The molecule has 0 saturated carbocycles. The Labute approximate surface area is 246 Å². The van der Waals surface area contributed by atoms with Crippen LogP contribution in [0.2, 0.25) is 5.02 Å². The van der Waals surface area contributed by atoms with Crippen molar-refractivity contribution in [2.24, 2.45) is 10.9 Å². The predicted octanol–water partition coefficient (Wildman–Crippen LogP) is 9.96. The van der Waals surface area contributed by atoms with Crippen LogP contribution in [0.3, 0.4) is 0 Å². The third kappa shape index (κ3) is 5.14. The number of aliphatic imine (C=N–C) groups is 1. The molecule has 0 saturated heterocycles. The van der Waals surface area contributed by atoms with E-state index in [0.29, 0.717) is 18.4 Å². The van der Waals surface area contributed by atoms with Crippen molar-refractivity contribution in [1.82, 2.24) is 0 Å². The molecule has 3 nitrogen and oxygen atoms in total. The van der Waals surface area contributed by atoms with Gasteiger partial charge in [-0.25, -0.2) is 0 Å². The fraction of sp³-hybridized carbons (Fsp3) is 0.162. The highest BCUT2D eigenvalue weighted by molar-refractivity contribution is 6.30. The second-order valence-electron chi connectivity index (χ2n) is 11.0. The summed E-state index contributed by atoms with van der Waals surface area (Å²) in [5.74, 6) is 1.79. The second-order valence-corrected chi connectivity index (χ2v) is 11.5. The Hall–Kier alpha value is -4.34. The second kappa shape index (κ2) is 10.9. The summed E-state index contributed by atoms with van der Waals surface area (Å²) in [6.07, 6.45) is 7.77. The maximum Gasteiger partial charge on any atom is 0.129 e. The first-order valence-corrected chi connectivity index (χ1v) is 14.6. The number of allylic oxidation sites excluding steroid dienone is 2. The van der Waals surface area contributed by atoms with Crippen LogP contribution >= 0.6 is 11.6 Å². The van der Waals surface area contributed by atoms with Crippen molar-refractivity contribution < 1.29 is 4.74 Å². The molecule has 0 aromatic heterocycles. The first-order valence-electron chi connectivity index (χ1n) is 14.2. The quantitative estimate of drug-likeness (QED) is 0.167. The van der Waals surface area contributed by atoms with Crippen molar-refractivity contribution >= 4 is 40.0 Å². The van der Waals surface area contributed by atoms with E-state index in [-0.39, 0.29) is 6.04 Å². The number of halogens is 1. The van der Waals surface area contributed by atoms with Gasteiger partial charge < -0.3 is 10.1 Å². The molecule has 5 aromatic carbocycles. The molecule has 1 aliphatic heterocycles. The number of fused-ring (bicyclic) bond motifs is 4. The molecule has 41 heavy (non-hydrogen) atoms. The molecule has 0 radical (unpaired) electrons. The van der Waals surface area contributed by atoms with Crippen LogP contribution in [0.25, 0.3) is 10.8 Å². The molecule has 7 rings (SSSR count). The number of anilines is 1. The van der Waals surface area contributed by atoms with Gasteiger partial charge in [-0.2, -0.15) is 0 Å². The van der Waals surface area contributed by atoms with Crippen LogP contribution in [0.5, 0.6) is 5.75 Å². The number of ether oxygens (including phenoxy) is 1. The molecule has 1 aliphatic carbocycles. The third-order valence-corrected chi connectivity index (χ3v) is 8.60. The Bertz CT molecular complexity index is 1770. The number of hydrogen-bond acceptors (Lipinski definition) is 3. The number of nitrogens with zero attached hydrogens (tertiary/aromatic N) is 1. The fourth-order valence-electron chi connectivity index (χ4n) is 6.23. The van der Waals surface area contributed by atoms with E-state index < -0.39 is 0 Å². The topological polar surface area (TPSA) is 33.6 Å². The molecule has 0 spiro atoms. The van der Waals surface area contributed by atoms with Gasteiger partial charge in [0.25, 0.3) is 0 Å². The average Bonchev–Trinajstić information content (AvgIpc) is 3.50. The molecule has 3 atom stereocenters. The van der Waals surface area contributed by atoms with E-state index in [0.717, 1.165) is 44.8 Å². The van der Waals surface area contributed by atoms with Crippen molar-refractivity contribution in [1.29, 1.82) is 0 Å². The lowest BCUT2D eigenvalue weighted by atomic mass is 9.76. The molecule has 0 bridgehead atoms. The highest BCUT2D eigenvalue weighted by Crippen LogP contribution is 2.50. The van der Waals surface area contributed by atoms with Gasteiger partial charge in [0, 0.05) is 28.4 Å². The van der Waals surface area contributed by atoms with E-state index in [2.05, 4.69) is 97.2 Å². The minimum atomic E-state index is 0.272. The van der Waals surface area contributed by atoms with E-state index in [4.69, 9.17) is 21.3 Å². The van der Waals surface area contributed by atoms with E-state index in [9.17, 15) is 0 Å². The van der Waals surface area contributed by atoms with Gasteiger partial charge in [-0.05, 0) is 83.1 Å². The van der Waals surface area contributed by atoms with Crippen LogP contribution in [0.15, 0.2) is 120 Å². The standard InChI is InChI=1S/C37H31ClN2O/c1-24-9-19-35-33(21-24)31-7-4-8-32(31)37(40-35)27-12-17-29(18-13-27)39-22-34-30-6-3-2-5-26(30)14-20-36(34)41-23-25-10-15-28(38)16-11-25/h2-7,9-22,31-32,37,40H,8,23H2,1H3/t31-,32+,37-/m1/s1. The van der Waals surface area contributed by atoms with Gasteiger partial charge in [0.15, 0.2) is 0 Å². The van der Waals surface area contributed by atoms with Gasteiger partial charge in [-0.1, -0.05) is 96.0 Å². The SMILES string of the molecule is Cc1ccc2c(c1)[C@@H]1C=CC[C@@H]1[C@@H](c1ccc(N=Cc3c(OCc4ccc(Cl)cc4)ccc4ccccc34)cc1)N2. The highest BCUT2D eigenvalue weighted by Gasteiger charge is 2.37. The van der Waals surface area contributed by atoms with Crippen molar-refractivity contribution in [3.63, 3.8) is 0 Å². The molecule has 1 N–H and O–H groups in total. The zero-order valence-electron chi connectivity index (χ0n) is 22.9. The Balaban J connectivity index is 1.15. The van der Waals surface area contributed by atoms with Gasteiger partial charge in [0.2, 0.25) is 0 Å². The zero-order valence-corrected chi connectivity index (χ0v) is 23.7. The summed E-state index contributed by atoms with van der Waals surface area (Å²) in [5, 5.41) is 6.83. The monoisotopic (exact) mass is 554 g/mol. The molecular formula is C37H31ClN2O. The molecule has 0 amide bonds. The molecular weight excluding hydrogens is 524 g/mol. The molecule has 202 valence electrons. The van der Waals surface area contributed by atoms with E-state index >= 15 is 0 Å². The minimum absolute atomic E-state index is 0.272. The molecule has 2 aliphatic rings. The predicted molar refractivity (Wildman–Crippen MR) is 171 cm³/mol. The maximum atomic E-state index is 6.29. The van der Waals surface area contributed by atoms with E-state index in [1.54, 1.807) is 0 Å². The number of nitrogens with one attached hydrogen (secondary N) is 1. The Morgan fingerprint density at radius 3 is 2.61 bits per heavy atom. The van der Waals surface area contributed by atoms with Gasteiger partial charge in [0.1, 0.15) is 12.4 Å². The van der Waals surface area contributed by atoms with Crippen LogP contribution in [-0.4, -0.2) is 6.21 Å². The first-order chi connectivity index (χ1) is 20.1. The summed E-state index contributed by atoms with van der Waals surface area (Å²) < 4.78 is 6.29. The Morgan fingerprint density at radius 1 is 0.927 bits per heavy atom. The van der Waals surface area contributed by atoms with Crippen LogP contribution in [0.1, 0.15) is 46.2 Å². The number of rotatable bonds is 6. The van der Waals surface area contributed by atoms with Crippen molar-refractivity contribution in [3.05, 3.63) is 148 Å². The number of aryl methyl sites for hydroxylation is 1. The van der Waals surface area contributed by atoms with Crippen molar-refractivity contribution in [2.75, 3.05) is 5.32 Å². The normalized spacial score (nSPS) is 19.2. The van der Waals surface area contributed by atoms with E-state index in [1.165, 1.54) is 22.4 Å². The van der Waals surface area contributed by atoms with Gasteiger partial charge in [0.05, 0.1) is 11.7 Å². The maximum absolute atomic E-state index is 6.29. The molecule has 5 aromatic rings. The fourth-order valence-corrected chi connectivity index (χ4v) is 6.35. The lowest BCUT2D eigenvalue weighted by Crippen LogP contribution is -2.29. The Morgan fingerprint density at radius 2 is 1.76 bits per heavy atom. The molecule has 0 unspecified atom stereocenters.